The molecule has 5 rings (SSSR count). The van der Waals surface area contributed by atoms with Crippen LogP contribution in [0.4, 0.5) is 0 Å². The van der Waals surface area contributed by atoms with Crippen LogP contribution in [0.3, 0.4) is 0 Å². The van der Waals surface area contributed by atoms with Gasteiger partial charge in [0.05, 0.1) is 6.61 Å². The van der Waals surface area contributed by atoms with Crippen LogP contribution in [-0.4, -0.2) is 26.2 Å². The molecule has 1 unspecified atom stereocenters. The second kappa shape index (κ2) is 5.98. The number of para-hydroxylation sites is 1. The molecule has 1 fully saturated rings. The van der Waals surface area contributed by atoms with Gasteiger partial charge in [0.1, 0.15) is 0 Å². The van der Waals surface area contributed by atoms with E-state index in [2.05, 4.69) is 0 Å². The van der Waals surface area contributed by atoms with Crippen LogP contribution < -0.4 is 18.9 Å². The zero-order chi connectivity index (χ0) is 17.5. The van der Waals surface area contributed by atoms with E-state index in [1.54, 1.807) is 0 Å². The standard InChI is InChI=1S/C20H16O6/c21-20-15(8-13-2-1-3-17-19(13)26-11-24-17)14(9-22-20)6-12-4-5-16-18(7-12)25-10-23-16/h1-5,7-8,14H,6,9-11H2. The third kappa shape index (κ3) is 2.54. The van der Waals surface area contributed by atoms with E-state index in [1.807, 2.05) is 42.5 Å². The molecule has 1 atom stereocenters. The number of esters is 1. The number of carbonyl (C=O) groups is 1. The Kier molecular flexibility index (Phi) is 3.48. The average molecular weight is 352 g/mol. The number of cyclic esters (lactones) is 1. The molecule has 26 heavy (non-hydrogen) atoms. The Morgan fingerprint density at radius 3 is 2.73 bits per heavy atom. The van der Waals surface area contributed by atoms with E-state index in [1.165, 1.54) is 0 Å². The quantitative estimate of drug-likeness (QED) is 0.625. The second-order valence-corrected chi connectivity index (χ2v) is 6.37. The molecule has 2 aromatic carbocycles. The lowest BCUT2D eigenvalue weighted by Crippen LogP contribution is -2.07. The molecule has 1 saturated heterocycles. The highest BCUT2D eigenvalue weighted by atomic mass is 16.7. The van der Waals surface area contributed by atoms with Gasteiger partial charge in [-0.15, -0.1) is 0 Å². The van der Waals surface area contributed by atoms with Gasteiger partial charge in [-0.2, -0.15) is 0 Å². The molecule has 0 bridgehead atoms. The summed E-state index contributed by atoms with van der Waals surface area (Å²) in [6.45, 7) is 0.808. The van der Waals surface area contributed by atoms with Crippen molar-refractivity contribution < 1.29 is 28.5 Å². The minimum Gasteiger partial charge on any atom is -0.462 e. The maximum Gasteiger partial charge on any atom is 0.334 e. The van der Waals surface area contributed by atoms with Crippen molar-refractivity contribution in [1.82, 2.24) is 0 Å². The Balaban J connectivity index is 1.44. The molecule has 0 aliphatic carbocycles. The van der Waals surface area contributed by atoms with Crippen LogP contribution in [0.2, 0.25) is 0 Å². The van der Waals surface area contributed by atoms with E-state index in [0.717, 1.165) is 22.6 Å². The Bertz CT molecular complexity index is 917. The first-order chi connectivity index (χ1) is 12.8. The van der Waals surface area contributed by atoms with Crippen LogP contribution >= 0.6 is 0 Å². The monoisotopic (exact) mass is 352 g/mol. The minimum absolute atomic E-state index is 0.0268. The summed E-state index contributed by atoms with van der Waals surface area (Å²) in [5, 5.41) is 0. The number of fused-ring (bicyclic) bond motifs is 2. The van der Waals surface area contributed by atoms with Crippen molar-refractivity contribution in [3.63, 3.8) is 0 Å². The smallest absolute Gasteiger partial charge is 0.334 e. The third-order valence-corrected chi connectivity index (χ3v) is 4.75. The summed E-state index contributed by atoms with van der Waals surface area (Å²) in [5.41, 5.74) is 2.54. The van der Waals surface area contributed by atoms with Crippen molar-refractivity contribution in [1.29, 1.82) is 0 Å². The Hall–Kier alpha value is -3.15. The van der Waals surface area contributed by atoms with Gasteiger partial charge in [0.15, 0.2) is 23.0 Å². The molecular weight excluding hydrogens is 336 g/mol. The van der Waals surface area contributed by atoms with Crippen molar-refractivity contribution in [3.8, 4) is 23.0 Å². The fraction of sp³-hybridized carbons (Fsp3) is 0.250. The summed E-state index contributed by atoms with van der Waals surface area (Å²) in [6.07, 6.45) is 2.53. The van der Waals surface area contributed by atoms with Crippen molar-refractivity contribution in [2.45, 2.75) is 6.42 Å². The van der Waals surface area contributed by atoms with Crippen LogP contribution in [0.15, 0.2) is 42.0 Å². The average Bonchev–Trinajstić information content (AvgIpc) is 3.37. The molecular formula is C20H16O6. The van der Waals surface area contributed by atoms with Crippen LogP contribution in [0, 0.1) is 5.92 Å². The summed E-state index contributed by atoms with van der Waals surface area (Å²) >= 11 is 0. The maximum absolute atomic E-state index is 12.3. The lowest BCUT2D eigenvalue weighted by Gasteiger charge is -2.10. The summed E-state index contributed by atoms with van der Waals surface area (Å²) in [7, 11) is 0. The van der Waals surface area contributed by atoms with Gasteiger partial charge in [0, 0.05) is 17.1 Å². The van der Waals surface area contributed by atoms with Gasteiger partial charge < -0.3 is 23.7 Å². The molecule has 0 saturated carbocycles. The Labute approximate surface area is 149 Å². The largest absolute Gasteiger partial charge is 0.462 e. The number of hydrogen-bond donors (Lipinski definition) is 0. The fourth-order valence-electron chi connectivity index (χ4n) is 3.45. The summed E-state index contributed by atoms with van der Waals surface area (Å²) < 4.78 is 27.0. The van der Waals surface area contributed by atoms with Crippen molar-refractivity contribution >= 4 is 12.0 Å². The maximum atomic E-state index is 12.3. The molecule has 132 valence electrons. The predicted molar refractivity (Wildman–Crippen MR) is 91.3 cm³/mol. The molecule has 3 heterocycles. The second-order valence-electron chi connectivity index (χ2n) is 6.37. The fourth-order valence-corrected chi connectivity index (χ4v) is 3.45. The van der Waals surface area contributed by atoms with Gasteiger partial charge in [0.2, 0.25) is 13.6 Å². The topological polar surface area (TPSA) is 63.2 Å². The van der Waals surface area contributed by atoms with Gasteiger partial charge in [-0.1, -0.05) is 18.2 Å². The number of carbonyl (C=O) groups excluding carboxylic acids is 1. The van der Waals surface area contributed by atoms with E-state index >= 15 is 0 Å². The highest BCUT2D eigenvalue weighted by Gasteiger charge is 2.31. The first kappa shape index (κ1) is 15.1. The third-order valence-electron chi connectivity index (χ3n) is 4.75. The van der Waals surface area contributed by atoms with Gasteiger partial charge in [0.25, 0.3) is 0 Å². The van der Waals surface area contributed by atoms with E-state index in [9.17, 15) is 4.79 Å². The lowest BCUT2D eigenvalue weighted by molar-refractivity contribution is -0.135. The number of rotatable bonds is 3. The molecule has 2 aromatic rings. The Morgan fingerprint density at radius 2 is 1.77 bits per heavy atom. The molecule has 3 aliphatic heterocycles. The van der Waals surface area contributed by atoms with E-state index in [4.69, 9.17) is 23.7 Å². The van der Waals surface area contributed by atoms with Gasteiger partial charge in [-0.25, -0.2) is 4.79 Å². The van der Waals surface area contributed by atoms with Gasteiger partial charge in [-0.05, 0) is 36.3 Å². The Morgan fingerprint density at radius 1 is 0.923 bits per heavy atom. The zero-order valence-corrected chi connectivity index (χ0v) is 13.9. The van der Waals surface area contributed by atoms with Crippen LogP contribution in [0.5, 0.6) is 23.0 Å². The van der Waals surface area contributed by atoms with E-state index < -0.39 is 0 Å². The summed E-state index contributed by atoms with van der Waals surface area (Å²) in [4.78, 5) is 12.3. The minimum atomic E-state index is -0.285. The molecule has 6 heteroatoms. The van der Waals surface area contributed by atoms with Crippen molar-refractivity contribution in [2.75, 3.05) is 20.2 Å². The van der Waals surface area contributed by atoms with Crippen molar-refractivity contribution in [2.24, 2.45) is 5.92 Å². The summed E-state index contributed by atoms with van der Waals surface area (Å²) in [6, 6.07) is 11.5. The molecule has 0 N–H and O–H groups in total. The van der Waals surface area contributed by atoms with Crippen molar-refractivity contribution in [3.05, 3.63) is 53.1 Å². The number of ether oxygens (including phenoxy) is 5. The van der Waals surface area contributed by atoms with Crippen LogP contribution in [0.1, 0.15) is 11.1 Å². The van der Waals surface area contributed by atoms with Crippen LogP contribution in [-0.2, 0) is 16.0 Å². The molecule has 0 spiro atoms. The zero-order valence-electron chi connectivity index (χ0n) is 13.9. The number of benzene rings is 2. The van der Waals surface area contributed by atoms with Gasteiger partial charge in [-0.3, -0.25) is 0 Å². The molecule has 3 aliphatic rings. The highest BCUT2D eigenvalue weighted by molar-refractivity contribution is 5.96. The lowest BCUT2D eigenvalue weighted by atomic mass is 9.92. The van der Waals surface area contributed by atoms with Gasteiger partial charge >= 0.3 is 5.97 Å². The molecule has 0 aromatic heterocycles. The van der Waals surface area contributed by atoms with Crippen LogP contribution in [0.25, 0.3) is 6.08 Å². The first-order valence-corrected chi connectivity index (χ1v) is 8.44. The number of hydrogen-bond acceptors (Lipinski definition) is 6. The highest BCUT2D eigenvalue weighted by Crippen LogP contribution is 2.39. The molecule has 0 amide bonds. The molecule has 0 radical (unpaired) electrons. The summed E-state index contributed by atoms with van der Waals surface area (Å²) in [5.74, 6) is 2.54. The van der Waals surface area contributed by atoms with E-state index in [0.29, 0.717) is 30.1 Å². The predicted octanol–water partition coefficient (Wildman–Crippen LogP) is 2.94. The first-order valence-electron chi connectivity index (χ1n) is 8.44. The SMILES string of the molecule is O=C1OCC(Cc2ccc3c(c2)OCO3)C1=Cc1cccc2c1OCO2. The molecule has 6 nitrogen and oxygen atoms in total. The normalized spacial score (nSPS) is 21.3. The van der Waals surface area contributed by atoms with E-state index in [-0.39, 0.29) is 25.5 Å².